The minimum Gasteiger partial charge on any atom is -0.298 e. The number of nitriles is 1. The summed E-state index contributed by atoms with van der Waals surface area (Å²) in [5.41, 5.74) is 0.737. The number of rotatable bonds is 5. The molecule has 2 aromatic rings. The normalized spacial score (nSPS) is 9.75. The van der Waals surface area contributed by atoms with E-state index in [9.17, 15) is 4.79 Å². The van der Waals surface area contributed by atoms with Crippen molar-refractivity contribution < 1.29 is 4.79 Å². The van der Waals surface area contributed by atoms with Crippen LogP contribution in [0.3, 0.4) is 0 Å². The maximum Gasteiger partial charge on any atom is 0.238 e. The second kappa shape index (κ2) is 7.31. The van der Waals surface area contributed by atoms with Gasteiger partial charge in [0, 0.05) is 11.9 Å². The Hall–Kier alpha value is -2.32. The van der Waals surface area contributed by atoms with Gasteiger partial charge in [-0.1, -0.05) is 36.0 Å². The van der Waals surface area contributed by atoms with Crippen LogP contribution >= 0.6 is 11.8 Å². The van der Waals surface area contributed by atoms with Crippen molar-refractivity contribution in [2.75, 3.05) is 17.2 Å². The van der Waals surface area contributed by atoms with Crippen LogP contribution in [-0.4, -0.2) is 23.2 Å². The summed E-state index contributed by atoms with van der Waals surface area (Å²) >= 11 is 1.37. The van der Waals surface area contributed by atoms with Gasteiger partial charge < -0.3 is 0 Å². The van der Waals surface area contributed by atoms with Crippen molar-refractivity contribution in [3.05, 3.63) is 54.7 Å². The lowest BCUT2D eigenvalue weighted by Crippen LogP contribution is -2.32. The third kappa shape index (κ3) is 3.84. The Morgan fingerprint density at radius 2 is 1.95 bits per heavy atom. The zero-order valence-corrected chi connectivity index (χ0v) is 11.6. The van der Waals surface area contributed by atoms with Crippen LogP contribution in [0.5, 0.6) is 0 Å². The number of carbonyl (C=O) groups excluding carboxylic acids is 1. The van der Waals surface area contributed by atoms with E-state index in [1.807, 2.05) is 54.6 Å². The maximum absolute atomic E-state index is 12.2. The van der Waals surface area contributed by atoms with Crippen LogP contribution in [0.15, 0.2) is 59.8 Å². The number of aromatic nitrogens is 1. The molecular formula is C15H13N3OS. The monoisotopic (exact) mass is 283 g/mol. The van der Waals surface area contributed by atoms with Gasteiger partial charge in [-0.3, -0.25) is 9.69 Å². The summed E-state index contributed by atoms with van der Waals surface area (Å²) < 4.78 is 0. The molecule has 1 amide bonds. The smallest absolute Gasteiger partial charge is 0.238 e. The van der Waals surface area contributed by atoms with E-state index < -0.39 is 0 Å². The summed E-state index contributed by atoms with van der Waals surface area (Å²) in [6.07, 6.45) is 1.69. The van der Waals surface area contributed by atoms with E-state index in [1.54, 1.807) is 6.20 Å². The van der Waals surface area contributed by atoms with Gasteiger partial charge in [0.15, 0.2) is 0 Å². The molecular weight excluding hydrogens is 270 g/mol. The van der Waals surface area contributed by atoms with Crippen molar-refractivity contribution in [2.45, 2.75) is 5.03 Å². The fraction of sp³-hybridized carbons (Fsp3) is 0.133. The highest BCUT2D eigenvalue weighted by Gasteiger charge is 2.15. The Morgan fingerprint density at radius 1 is 1.20 bits per heavy atom. The summed E-state index contributed by atoms with van der Waals surface area (Å²) in [5.74, 6) is 0.154. The minimum atomic E-state index is -0.103. The van der Waals surface area contributed by atoms with E-state index in [4.69, 9.17) is 5.26 Å². The maximum atomic E-state index is 12.2. The molecule has 0 spiro atoms. The van der Waals surface area contributed by atoms with Crippen molar-refractivity contribution in [3.8, 4) is 6.07 Å². The average molecular weight is 283 g/mol. The second-order valence-corrected chi connectivity index (χ2v) is 4.93. The molecule has 0 aliphatic carbocycles. The Bertz CT molecular complexity index is 596. The van der Waals surface area contributed by atoms with Gasteiger partial charge in [-0.05, 0) is 24.3 Å². The van der Waals surface area contributed by atoms with Crippen molar-refractivity contribution in [1.29, 1.82) is 5.26 Å². The summed E-state index contributed by atoms with van der Waals surface area (Å²) in [7, 11) is 0. The molecule has 0 saturated carbocycles. The zero-order valence-electron chi connectivity index (χ0n) is 10.8. The number of hydrogen-bond donors (Lipinski definition) is 0. The number of pyridine rings is 1. The molecule has 0 N–H and O–H groups in total. The lowest BCUT2D eigenvalue weighted by molar-refractivity contribution is -0.116. The number of carbonyl (C=O) groups is 1. The molecule has 0 bridgehead atoms. The second-order valence-electron chi connectivity index (χ2n) is 3.93. The third-order valence-corrected chi connectivity index (χ3v) is 3.51. The van der Waals surface area contributed by atoms with E-state index >= 15 is 0 Å². The molecule has 4 nitrogen and oxygen atoms in total. The van der Waals surface area contributed by atoms with Gasteiger partial charge in [0.05, 0.1) is 16.8 Å². The van der Waals surface area contributed by atoms with Crippen LogP contribution in [0, 0.1) is 11.3 Å². The van der Waals surface area contributed by atoms with Gasteiger partial charge in [-0.2, -0.15) is 5.26 Å². The quantitative estimate of drug-likeness (QED) is 0.625. The first-order valence-corrected chi connectivity index (χ1v) is 7.06. The van der Waals surface area contributed by atoms with Gasteiger partial charge in [0.1, 0.15) is 6.54 Å². The highest BCUT2D eigenvalue weighted by molar-refractivity contribution is 7.99. The molecule has 1 heterocycles. The summed E-state index contributed by atoms with van der Waals surface area (Å²) in [6, 6.07) is 16.8. The molecule has 1 aromatic carbocycles. The molecule has 0 unspecified atom stereocenters. The number of nitrogens with zero attached hydrogens (tertiary/aromatic N) is 3. The van der Waals surface area contributed by atoms with E-state index in [2.05, 4.69) is 4.98 Å². The van der Waals surface area contributed by atoms with E-state index in [-0.39, 0.29) is 18.2 Å². The first kappa shape index (κ1) is 14.1. The van der Waals surface area contributed by atoms with Crippen molar-refractivity contribution in [1.82, 2.24) is 4.98 Å². The summed E-state index contributed by atoms with van der Waals surface area (Å²) in [5, 5.41) is 9.67. The number of thioether (sulfide) groups is 1. The number of benzene rings is 1. The molecule has 5 heteroatoms. The third-order valence-electron chi connectivity index (χ3n) is 2.58. The van der Waals surface area contributed by atoms with Crippen LogP contribution < -0.4 is 4.90 Å². The number of amides is 1. The molecule has 20 heavy (non-hydrogen) atoms. The lowest BCUT2D eigenvalue weighted by Gasteiger charge is -2.19. The molecule has 2 rings (SSSR count). The summed E-state index contributed by atoms with van der Waals surface area (Å²) in [6.45, 7) is 0.0472. The predicted molar refractivity (Wildman–Crippen MR) is 79.4 cm³/mol. The SMILES string of the molecule is N#CCN(C(=O)CSc1ccccn1)c1ccccc1. The van der Waals surface area contributed by atoms with E-state index in [1.165, 1.54) is 16.7 Å². The van der Waals surface area contributed by atoms with Crippen molar-refractivity contribution >= 4 is 23.4 Å². The Balaban J connectivity index is 2.03. The first-order chi connectivity index (χ1) is 9.81. The van der Waals surface area contributed by atoms with Crippen LogP contribution in [0.2, 0.25) is 0 Å². The predicted octanol–water partition coefficient (Wildman–Crippen LogP) is 2.73. The molecule has 0 fully saturated rings. The molecule has 0 saturated heterocycles. The topological polar surface area (TPSA) is 57.0 Å². The van der Waals surface area contributed by atoms with Gasteiger partial charge >= 0.3 is 0 Å². The Labute approximate surface area is 122 Å². The number of hydrogen-bond acceptors (Lipinski definition) is 4. The first-order valence-electron chi connectivity index (χ1n) is 6.07. The molecule has 0 atom stereocenters. The highest BCUT2D eigenvalue weighted by Crippen LogP contribution is 2.18. The zero-order chi connectivity index (χ0) is 14.2. The Kier molecular flexibility index (Phi) is 5.15. The van der Waals surface area contributed by atoms with E-state index in [0.717, 1.165) is 10.7 Å². The molecule has 0 aliphatic rings. The van der Waals surface area contributed by atoms with E-state index in [0.29, 0.717) is 0 Å². The molecule has 100 valence electrons. The van der Waals surface area contributed by atoms with Gasteiger partial charge in [0.2, 0.25) is 5.91 Å². The standard InChI is InChI=1S/C15H13N3OS/c16-9-11-18(13-6-2-1-3-7-13)15(19)12-20-14-8-4-5-10-17-14/h1-8,10H,11-12H2. The van der Waals surface area contributed by atoms with Crippen LogP contribution in [0.25, 0.3) is 0 Å². The molecule has 1 aromatic heterocycles. The molecule has 0 radical (unpaired) electrons. The van der Waals surface area contributed by atoms with Crippen LogP contribution in [0.4, 0.5) is 5.69 Å². The Morgan fingerprint density at radius 3 is 2.60 bits per heavy atom. The highest BCUT2D eigenvalue weighted by atomic mass is 32.2. The van der Waals surface area contributed by atoms with Crippen molar-refractivity contribution in [3.63, 3.8) is 0 Å². The van der Waals surface area contributed by atoms with Gasteiger partial charge in [-0.15, -0.1) is 0 Å². The van der Waals surface area contributed by atoms with Gasteiger partial charge in [0.25, 0.3) is 0 Å². The minimum absolute atomic E-state index is 0.0472. The average Bonchev–Trinajstić information content (AvgIpc) is 2.52. The number of para-hydroxylation sites is 1. The van der Waals surface area contributed by atoms with Crippen LogP contribution in [0.1, 0.15) is 0 Å². The fourth-order valence-electron chi connectivity index (χ4n) is 1.65. The lowest BCUT2D eigenvalue weighted by atomic mass is 10.3. The van der Waals surface area contributed by atoms with Crippen LogP contribution in [-0.2, 0) is 4.79 Å². The largest absolute Gasteiger partial charge is 0.298 e. The van der Waals surface area contributed by atoms with Crippen molar-refractivity contribution in [2.24, 2.45) is 0 Å². The number of anilines is 1. The van der Waals surface area contributed by atoms with Gasteiger partial charge in [-0.25, -0.2) is 4.98 Å². The molecule has 0 aliphatic heterocycles. The fourth-order valence-corrected chi connectivity index (χ4v) is 2.39. The summed E-state index contributed by atoms with van der Waals surface area (Å²) in [4.78, 5) is 17.9.